The number of carbonyl (C=O) groups excluding carboxylic acids is 2. The molecule has 1 unspecified atom stereocenters. The zero-order valence-corrected chi connectivity index (χ0v) is 13.7. The maximum Gasteiger partial charge on any atom is 0.354 e. The second-order valence-corrected chi connectivity index (χ2v) is 7.48. The van der Waals surface area contributed by atoms with Gasteiger partial charge in [-0.05, 0) is 6.92 Å². The zero-order chi connectivity index (χ0) is 16.6. The second-order valence-electron chi connectivity index (χ2n) is 4.99. The Balaban J connectivity index is 2.06. The van der Waals surface area contributed by atoms with Crippen LogP contribution in [-0.2, 0) is 14.4 Å². The molecule has 2 aliphatic heterocycles. The number of amides is 2. The van der Waals surface area contributed by atoms with Crippen molar-refractivity contribution in [1.29, 1.82) is 0 Å². The lowest BCUT2D eigenvalue weighted by atomic mass is 9.92. The molecule has 0 spiro atoms. The first-order chi connectivity index (χ1) is 10.3. The Morgan fingerprint density at radius 2 is 2.18 bits per heavy atom. The molecule has 1 fully saturated rings. The number of aliphatic carboxylic acids is 1. The quantitative estimate of drug-likeness (QED) is 0.257. The number of hydrazine groups is 1. The van der Waals surface area contributed by atoms with Crippen LogP contribution in [-0.4, -0.2) is 61.7 Å². The van der Waals surface area contributed by atoms with Gasteiger partial charge in [0.25, 0.3) is 0 Å². The summed E-state index contributed by atoms with van der Waals surface area (Å²) in [5.41, 5.74) is -0.0479. The van der Waals surface area contributed by atoms with E-state index < -0.39 is 18.0 Å². The minimum Gasteiger partial charge on any atom is -0.477 e. The van der Waals surface area contributed by atoms with E-state index in [0.717, 1.165) is 5.01 Å². The maximum absolute atomic E-state index is 12.0. The van der Waals surface area contributed by atoms with E-state index in [1.54, 1.807) is 0 Å². The van der Waals surface area contributed by atoms with Gasteiger partial charge in [-0.2, -0.15) is 0 Å². The first-order valence-corrected chi connectivity index (χ1v) is 8.43. The third-order valence-electron chi connectivity index (χ3n) is 3.44. The number of carbonyl (C=O) groups is 3. The third-order valence-corrected chi connectivity index (χ3v) is 6.08. The molecular weight excluding hydrogens is 330 g/mol. The van der Waals surface area contributed by atoms with Gasteiger partial charge >= 0.3 is 5.97 Å². The van der Waals surface area contributed by atoms with Crippen LogP contribution < -0.4 is 5.84 Å². The number of rotatable bonds is 6. The summed E-state index contributed by atoms with van der Waals surface area (Å²) in [5, 5.41) is 19.6. The molecule has 0 aromatic carbocycles. The molecule has 1 saturated heterocycles. The summed E-state index contributed by atoms with van der Waals surface area (Å²) in [6.45, 7) is 3.13. The number of aliphatic hydroxyl groups excluding tert-OH is 1. The molecule has 10 heteroatoms. The molecule has 3 atom stereocenters. The zero-order valence-electron chi connectivity index (χ0n) is 12.1. The minimum absolute atomic E-state index is 0.0479. The molecule has 22 heavy (non-hydrogen) atoms. The van der Waals surface area contributed by atoms with Crippen LogP contribution in [0.3, 0.4) is 0 Å². The van der Waals surface area contributed by atoms with Crippen molar-refractivity contribution in [2.75, 3.05) is 12.3 Å². The fourth-order valence-electron chi connectivity index (χ4n) is 2.25. The molecule has 0 aliphatic carbocycles. The van der Waals surface area contributed by atoms with Crippen LogP contribution in [0.15, 0.2) is 9.93 Å². The van der Waals surface area contributed by atoms with Gasteiger partial charge < -0.3 is 10.2 Å². The number of thioether (sulfide) groups is 2. The Labute approximate surface area is 135 Å². The van der Waals surface area contributed by atoms with Crippen LogP contribution in [0.4, 0.5) is 0 Å². The highest BCUT2D eigenvalue weighted by atomic mass is 32.2. The first kappa shape index (κ1) is 17.1. The van der Waals surface area contributed by atoms with Gasteiger partial charge in [-0.25, -0.2) is 10.6 Å². The van der Waals surface area contributed by atoms with Crippen molar-refractivity contribution in [3.05, 3.63) is 9.93 Å². The van der Waals surface area contributed by atoms with Gasteiger partial charge in [0.05, 0.1) is 16.3 Å². The Morgan fingerprint density at radius 3 is 2.68 bits per heavy atom. The van der Waals surface area contributed by atoms with Gasteiger partial charge in [0.1, 0.15) is 5.37 Å². The first-order valence-electron chi connectivity index (χ1n) is 6.56. The average molecular weight is 347 g/mol. The van der Waals surface area contributed by atoms with E-state index in [9.17, 15) is 24.6 Å². The molecule has 0 aromatic heterocycles. The van der Waals surface area contributed by atoms with Crippen LogP contribution in [0.5, 0.6) is 0 Å². The third kappa shape index (κ3) is 2.96. The van der Waals surface area contributed by atoms with Crippen LogP contribution in [0.2, 0.25) is 0 Å². The van der Waals surface area contributed by atoms with Crippen molar-refractivity contribution >= 4 is 41.3 Å². The fourth-order valence-corrected chi connectivity index (χ4v) is 5.18. The average Bonchev–Trinajstić information content (AvgIpc) is 2.72. The molecule has 0 saturated carbocycles. The number of carboxylic acid groups (broad SMARTS) is 1. The summed E-state index contributed by atoms with van der Waals surface area (Å²) in [6, 6.07) is 0. The second kappa shape index (κ2) is 6.49. The molecule has 0 aromatic rings. The number of nitrogens with two attached hydrogens (primary N) is 1. The number of fused-ring (bicyclic) bond motifs is 1. The van der Waals surface area contributed by atoms with Crippen molar-refractivity contribution < 1.29 is 24.6 Å². The number of hydrogen-bond donors (Lipinski definition) is 3. The number of carboxylic acids is 1. The van der Waals surface area contributed by atoms with E-state index in [1.807, 2.05) is 0 Å². The highest BCUT2D eigenvalue weighted by Gasteiger charge is 2.57. The van der Waals surface area contributed by atoms with Crippen molar-refractivity contribution in [2.45, 2.75) is 25.3 Å². The predicted octanol–water partition coefficient (Wildman–Crippen LogP) is -0.392. The molecule has 8 nitrogen and oxygen atoms in total. The van der Waals surface area contributed by atoms with Gasteiger partial charge in [0.2, 0.25) is 11.8 Å². The van der Waals surface area contributed by atoms with Gasteiger partial charge in [0.15, 0.2) is 5.70 Å². The molecule has 2 aliphatic rings. The van der Waals surface area contributed by atoms with Crippen LogP contribution >= 0.6 is 23.5 Å². The maximum atomic E-state index is 12.0. The Bertz CT molecular complexity index is 551. The van der Waals surface area contributed by atoms with Crippen molar-refractivity contribution in [3.63, 3.8) is 0 Å². The van der Waals surface area contributed by atoms with E-state index in [-0.39, 0.29) is 29.4 Å². The number of aliphatic hydroxyl groups is 1. The van der Waals surface area contributed by atoms with E-state index in [2.05, 4.69) is 0 Å². The summed E-state index contributed by atoms with van der Waals surface area (Å²) in [7, 11) is 0. The minimum atomic E-state index is -1.17. The largest absolute Gasteiger partial charge is 0.477 e. The highest BCUT2D eigenvalue weighted by molar-refractivity contribution is 8.22. The lowest BCUT2D eigenvalue weighted by Gasteiger charge is -2.43. The number of hydrogen-bond acceptors (Lipinski definition) is 7. The monoisotopic (exact) mass is 347 g/mol. The summed E-state index contributed by atoms with van der Waals surface area (Å²) in [4.78, 5) is 35.6. The van der Waals surface area contributed by atoms with E-state index in [1.165, 1.54) is 42.3 Å². The van der Waals surface area contributed by atoms with Gasteiger partial charge in [-0.15, -0.1) is 11.8 Å². The normalized spacial score (nSPS) is 24.9. The molecule has 4 N–H and O–H groups in total. The summed E-state index contributed by atoms with van der Waals surface area (Å²) < 4.78 is 0.506. The lowest BCUT2D eigenvalue weighted by Crippen LogP contribution is -2.60. The van der Waals surface area contributed by atoms with E-state index in [0.29, 0.717) is 9.99 Å². The van der Waals surface area contributed by atoms with E-state index in [4.69, 9.17) is 5.84 Å². The molecule has 2 amide bonds. The van der Waals surface area contributed by atoms with Crippen LogP contribution in [0, 0.1) is 5.92 Å². The van der Waals surface area contributed by atoms with Gasteiger partial charge in [0, 0.05) is 19.2 Å². The predicted molar refractivity (Wildman–Crippen MR) is 82.1 cm³/mol. The molecule has 2 rings (SSSR count). The number of nitrogens with zero attached hydrogens (tertiary/aromatic N) is 2. The summed E-state index contributed by atoms with van der Waals surface area (Å²) >= 11 is 2.50. The van der Waals surface area contributed by atoms with Crippen molar-refractivity contribution in [3.8, 4) is 0 Å². The topological polar surface area (TPSA) is 124 Å². The SMILES string of the molecule is CC(=O)N(N)CCSC1=C(C(=O)O)N2C(=O)[C@H](C(C)O)[C@H]2S1. The Hall–Kier alpha value is -1.23. The molecular formula is C12H17N3O5S2. The Kier molecular flexibility index (Phi) is 5.05. The Morgan fingerprint density at radius 1 is 1.55 bits per heavy atom. The fraction of sp³-hybridized carbons (Fsp3) is 0.583. The smallest absolute Gasteiger partial charge is 0.354 e. The van der Waals surface area contributed by atoms with Crippen LogP contribution in [0.1, 0.15) is 13.8 Å². The molecule has 0 radical (unpaired) electrons. The molecule has 0 bridgehead atoms. The standard InChI is InChI=1S/C12H17N3O5S2/c1-5(16)7-9(18)15-8(11(19)20)12(22-10(7)15)21-4-3-14(13)6(2)17/h5,7,10,16H,3-4,13H2,1-2H3,(H,19,20)/t5?,7-,10+/m0/s1. The highest BCUT2D eigenvalue weighted by Crippen LogP contribution is 2.53. The summed E-state index contributed by atoms with van der Waals surface area (Å²) in [5.74, 6) is 3.49. The molecule has 122 valence electrons. The van der Waals surface area contributed by atoms with Gasteiger partial charge in [-0.1, -0.05) is 11.8 Å². The van der Waals surface area contributed by atoms with E-state index >= 15 is 0 Å². The number of β-lactam (4-membered cyclic amide) rings is 1. The van der Waals surface area contributed by atoms with Crippen molar-refractivity contribution in [1.82, 2.24) is 9.91 Å². The van der Waals surface area contributed by atoms with Crippen molar-refractivity contribution in [2.24, 2.45) is 11.8 Å². The van der Waals surface area contributed by atoms with Gasteiger partial charge in [-0.3, -0.25) is 19.5 Å². The summed E-state index contributed by atoms with van der Waals surface area (Å²) in [6.07, 6.45) is -0.821. The lowest BCUT2D eigenvalue weighted by molar-refractivity contribution is -0.156. The van der Waals surface area contributed by atoms with Crippen LogP contribution in [0.25, 0.3) is 0 Å². The molecule has 2 heterocycles.